The maximum atomic E-state index is 12.2. The number of rotatable bonds is 3. The van der Waals surface area contributed by atoms with Crippen molar-refractivity contribution in [2.75, 3.05) is 6.61 Å². The zero-order valence-corrected chi connectivity index (χ0v) is 8.08. The standard InChI is InChI=1S/C9H11F3N2O/c1-6(5-15-13)8-3-2-7(4-14-8)9(10,11)12/h2-4,6H,5,13H2,1H3. The Morgan fingerprint density at radius 1 is 1.47 bits per heavy atom. The highest BCUT2D eigenvalue weighted by molar-refractivity contribution is 5.18. The Labute approximate surface area is 85.0 Å². The molecule has 1 rings (SSSR count). The topological polar surface area (TPSA) is 48.1 Å². The molecule has 0 fully saturated rings. The quantitative estimate of drug-likeness (QED) is 0.793. The second-order valence-corrected chi connectivity index (χ2v) is 3.20. The highest BCUT2D eigenvalue weighted by atomic mass is 19.4. The van der Waals surface area contributed by atoms with Crippen LogP contribution in [0.1, 0.15) is 24.1 Å². The predicted molar refractivity (Wildman–Crippen MR) is 47.8 cm³/mol. The van der Waals surface area contributed by atoms with E-state index in [0.717, 1.165) is 12.3 Å². The molecular formula is C9H11F3N2O. The molecular weight excluding hydrogens is 209 g/mol. The number of hydrogen-bond donors (Lipinski definition) is 1. The highest BCUT2D eigenvalue weighted by Crippen LogP contribution is 2.29. The molecule has 0 aliphatic rings. The van der Waals surface area contributed by atoms with Gasteiger partial charge in [0.1, 0.15) is 0 Å². The van der Waals surface area contributed by atoms with Gasteiger partial charge in [0.2, 0.25) is 0 Å². The minimum Gasteiger partial charge on any atom is -0.304 e. The highest BCUT2D eigenvalue weighted by Gasteiger charge is 2.30. The summed E-state index contributed by atoms with van der Waals surface area (Å²) in [5, 5.41) is 0. The van der Waals surface area contributed by atoms with Gasteiger partial charge in [-0.05, 0) is 12.1 Å². The lowest BCUT2D eigenvalue weighted by molar-refractivity contribution is -0.137. The maximum Gasteiger partial charge on any atom is 0.417 e. The third kappa shape index (κ3) is 3.17. The Morgan fingerprint density at radius 3 is 2.53 bits per heavy atom. The SMILES string of the molecule is CC(CON)c1ccc(C(F)(F)F)cn1. The molecule has 1 unspecified atom stereocenters. The number of nitrogens with zero attached hydrogens (tertiary/aromatic N) is 1. The second-order valence-electron chi connectivity index (χ2n) is 3.20. The van der Waals surface area contributed by atoms with Crippen LogP contribution in [0.2, 0.25) is 0 Å². The third-order valence-electron chi connectivity index (χ3n) is 1.96. The van der Waals surface area contributed by atoms with Crippen LogP contribution < -0.4 is 5.90 Å². The van der Waals surface area contributed by atoms with E-state index in [4.69, 9.17) is 5.90 Å². The summed E-state index contributed by atoms with van der Waals surface area (Å²) in [7, 11) is 0. The summed E-state index contributed by atoms with van der Waals surface area (Å²) in [4.78, 5) is 8.10. The Kier molecular flexibility index (Phi) is 3.65. The van der Waals surface area contributed by atoms with E-state index in [-0.39, 0.29) is 12.5 Å². The summed E-state index contributed by atoms with van der Waals surface area (Å²) in [6, 6.07) is 2.32. The molecule has 0 bridgehead atoms. The molecule has 1 aromatic heterocycles. The van der Waals surface area contributed by atoms with E-state index < -0.39 is 11.7 Å². The van der Waals surface area contributed by atoms with E-state index in [1.54, 1.807) is 6.92 Å². The summed E-state index contributed by atoms with van der Waals surface area (Å²) in [5.74, 6) is 4.73. The lowest BCUT2D eigenvalue weighted by Gasteiger charge is -2.10. The van der Waals surface area contributed by atoms with Gasteiger partial charge in [-0.15, -0.1) is 0 Å². The molecule has 0 spiro atoms. The molecule has 0 aromatic carbocycles. The molecule has 0 aliphatic carbocycles. The zero-order chi connectivity index (χ0) is 11.5. The van der Waals surface area contributed by atoms with Crippen molar-refractivity contribution in [2.45, 2.75) is 19.0 Å². The van der Waals surface area contributed by atoms with Crippen molar-refractivity contribution in [3.63, 3.8) is 0 Å². The van der Waals surface area contributed by atoms with Gasteiger partial charge in [0, 0.05) is 17.8 Å². The first-order valence-electron chi connectivity index (χ1n) is 4.30. The number of nitrogens with two attached hydrogens (primary N) is 1. The van der Waals surface area contributed by atoms with Gasteiger partial charge < -0.3 is 4.84 Å². The van der Waals surface area contributed by atoms with Gasteiger partial charge in [-0.25, -0.2) is 5.90 Å². The van der Waals surface area contributed by atoms with Crippen molar-refractivity contribution in [1.29, 1.82) is 0 Å². The summed E-state index contributed by atoms with van der Waals surface area (Å²) in [5.41, 5.74) is -0.236. The van der Waals surface area contributed by atoms with Crippen LogP contribution in [0, 0.1) is 0 Å². The van der Waals surface area contributed by atoms with Gasteiger partial charge in [-0.3, -0.25) is 4.98 Å². The third-order valence-corrected chi connectivity index (χ3v) is 1.96. The molecule has 3 nitrogen and oxygen atoms in total. The molecule has 0 amide bonds. The summed E-state index contributed by atoms with van der Waals surface area (Å²) < 4.78 is 36.6. The fourth-order valence-electron chi connectivity index (χ4n) is 1.09. The van der Waals surface area contributed by atoms with Crippen molar-refractivity contribution in [3.05, 3.63) is 29.6 Å². The van der Waals surface area contributed by atoms with Crippen LogP contribution in [-0.4, -0.2) is 11.6 Å². The Morgan fingerprint density at radius 2 is 2.13 bits per heavy atom. The van der Waals surface area contributed by atoms with E-state index >= 15 is 0 Å². The van der Waals surface area contributed by atoms with Crippen LogP contribution in [0.5, 0.6) is 0 Å². The van der Waals surface area contributed by atoms with Crippen molar-refractivity contribution >= 4 is 0 Å². The average Bonchev–Trinajstić information content (AvgIpc) is 2.17. The van der Waals surface area contributed by atoms with Gasteiger partial charge in [0.05, 0.1) is 12.2 Å². The number of pyridine rings is 1. The van der Waals surface area contributed by atoms with Crippen LogP contribution in [-0.2, 0) is 11.0 Å². The molecule has 6 heteroatoms. The van der Waals surface area contributed by atoms with Crippen molar-refractivity contribution in [2.24, 2.45) is 5.90 Å². The van der Waals surface area contributed by atoms with Gasteiger partial charge in [0.25, 0.3) is 0 Å². The van der Waals surface area contributed by atoms with Crippen molar-refractivity contribution < 1.29 is 18.0 Å². The smallest absolute Gasteiger partial charge is 0.304 e. The minimum atomic E-state index is -4.35. The minimum absolute atomic E-state index is 0.128. The normalized spacial score (nSPS) is 13.9. The van der Waals surface area contributed by atoms with Crippen LogP contribution in [0.3, 0.4) is 0 Å². The van der Waals surface area contributed by atoms with E-state index in [1.165, 1.54) is 6.07 Å². The molecule has 0 aliphatic heterocycles. The fourth-order valence-corrected chi connectivity index (χ4v) is 1.09. The first-order valence-corrected chi connectivity index (χ1v) is 4.30. The summed E-state index contributed by atoms with van der Waals surface area (Å²) in [6.45, 7) is 1.99. The van der Waals surface area contributed by atoms with E-state index in [9.17, 15) is 13.2 Å². The zero-order valence-electron chi connectivity index (χ0n) is 8.08. The first-order chi connectivity index (χ1) is 6.95. The molecule has 1 atom stereocenters. The van der Waals surface area contributed by atoms with Crippen LogP contribution in [0.15, 0.2) is 18.3 Å². The Bertz CT molecular complexity index is 310. The Balaban J connectivity index is 2.81. The molecule has 0 saturated heterocycles. The lowest BCUT2D eigenvalue weighted by atomic mass is 10.1. The molecule has 1 aromatic rings. The largest absolute Gasteiger partial charge is 0.417 e. The van der Waals surface area contributed by atoms with Gasteiger partial charge in [0.15, 0.2) is 0 Å². The molecule has 84 valence electrons. The molecule has 0 radical (unpaired) electrons. The fraction of sp³-hybridized carbons (Fsp3) is 0.444. The number of hydrogen-bond acceptors (Lipinski definition) is 3. The van der Waals surface area contributed by atoms with Gasteiger partial charge >= 0.3 is 6.18 Å². The first kappa shape index (κ1) is 11.9. The van der Waals surface area contributed by atoms with Crippen molar-refractivity contribution in [3.8, 4) is 0 Å². The molecule has 15 heavy (non-hydrogen) atoms. The lowest BCUT2D eigenvalue weighted by Crippen LogP contribution is -2.11. The van der Waals surface area contributed by atoms with E-state index in [1.807, 2.05) is 0 Å². The van der Waals surface area contributed by atoms with Crippen molar-refractivity contribution in [1.82, 2.24) is 4.98 Å². The average molecular weight is 220 g/mol. The molecule has 0 saturated carbocycles. The maximum absolute atomic E-state index is 12.2. The second kappa shape index (κ2) is 4.59. The van der Waals surface area contributed by atoms with Gasteiger partial charge in [-0.1, -0.05) is 6.92 Å². The Hall–Kier alpha value is -1.14. The number of halogens is 3. The van der Waals surface area contributed by atoms with Crippen LogP contribution in [0.25, 0.3) is 0 Å². The summed E-state index contributed by atoms with van der Waals surface area (Å²) in [6.07, 6.45) is -3.54. The summed E-state index contributed by atoms with van der Waals surface area (Å²) >= 11 is 0. The van der Waals surface area contributed by atoms with Gasteiger partial charge in [-0.2, -0.15) is 13.2 Å². The predicted octanol–water partition coefficient (Wildman–Crippen LogP) is 2.09. The number of aromatic nitrogens is 1. The molecule has 2 N–H and O–H groups in total. The van der Waals surface area contributed by atoms with Crippen LogP contribution in [0.4, 0.5) is 13.2 Å². The van der Waals surface area contributed by atoms with Crippen LogP contribution >= 0.6 is 0 Å². The molecule has 1 heterocycles. The van der Waals surface area contributed by atoms with E-state index in [0.29, 0.717) is 5.69 Å². The number of alkyl halides is 3. The monoisotopic (exact) mass is 220 g/mol. The van der Waals surface area contributed by atoms with E-state index in [2.05, 4.69) is 9.82 Å².